The molecule has 2 rings (SSSR count). The number of hydrogen-bond donors (Lipinski definition) is 1. The lowest BCUT2D eigenvalue weighted by Gasteiger charge is -2.31. The van der Waals surface area contributed by atoms with E-state index in [-0.39, 0.29) is 18.1 Å². The Hall–Kier alpha value is -3.27. The van der Waals surface area contributed by atoms with Gasteiger partial charge in [-0.3, -0.25) is 13.9 Å². The fraction of sp³-hybridized carbons (Fsp3) is 0.440. The minimum Gasteiger partial charge on any atom is -0.493 e. The van der Waals surface area contributed by atoms with E-state index in [9.17, 15) is 18.0 Å². The van der Waals surface area contributed by atoms with E-state index < -0.39 is 28.5 Å². The molecular weight excluding hydrogens is 470 g/mol. The summed E-state index contributed by atoms with van der Waals surface area (Å²) in [6.45, 7) is 5.69. The number of anilines is 1. The van der Waals surface area contributed by atoms with Crippen LogP contribution in [0.1, 0.15) is 31.4 Å². The van der Waals surface area contributed by atoms with Crippen molar-refractivity contribution in [1.29, 1.82) is 0 Å². The second-order valence-electron chi connectivity index (χ2n) is 8.28. The lowest BCUT2D eigenvalue weighted by Crippen LogP contribution is -2.51. The number of nitrogens with zero attached hydrogens (tertiary/aromatic N) is 2. The quantitative estimate of drug-likeness (QED) is 0.476. The highest BCUT2D eigenvalue weighted by molar-refractivity contribution is 7.92. The Balaban J connectivity index is 2.41. The summed E-state index contributed by atoms with van der Waals surface area (Å²) in [5.41, 5.74) is 2.14. The molecule has 0 aliphatic rings. The molecule has 192 valence electrons. The van der Waals surface area contributed by atoms with Gasteiger partial charge >= 0.3 is 0 Å². The molecule has 0 unspecified atom stereocenters. The zero-order chi connectivity index (χ0) is 26.2. The number of methoxy groups -OCH3 is 2. The number of carbonyl (C=O) groups excluding carboxylic acids is 2. The fourth-order valence-electron chi connectivity index (χ4n) is 3.46. The molecule has 0 heterocycles. The van der Waals surface area contributed by atoms with Crippen molar-refractivity contribution in [1.82, 2.24) is 10.2 Å². The Morgan fingerprint density at radius 3 is 2.20 bits per heavy atom. The molecule has 2 aromatic carbocycles. The number of rotatable bonds is 12. The van der Waals surface area contributed by atoms with Crippen LogP contribution >= 0.6 is 0 Å². The molecule has 0 saturated heterocycles. The molecule has 0 fully saturated rings. The van der Waals surface area contributed by atoms with E-state index >= 15 is 0 Å². The van der Waals surface area contributed by atoms with Gasteiger partial charge in [0.2, 0.25) is 21.8 Å². The number of benzene rings is 2. The Labute approximate surface area is 208 Å². The highest BCUT2D eigenvalue weighted by Gasteiger charge is 2.30. The Morgan fingerprint density at radius 2 is 1.66 bits per heavy atom. The van der Waals surface area contributed by atoms with Crippen molar-refractivity contribution in [3.63, 3.8) is 0 Å². The molecular formula is C25H35N3O6S. The first-order valence-electron chi connectivity index (χ1n) is 11.3. The van der Waals surface area contributed by atoms with Gasteiger partial charge in [0, 0.05) is 19.2 Å². The Morgan fingerprint density at radius 1 is 1.03 bits per heavy atom. The summed E-state index contributed by atoms with van der Waals surface area (Å²) in [5.74, 6) is -0.0533. The molecule has 0 bridgehead atoms. The maximum Gasteiger partial charge on any atom is 0.244 e. The molecule has 0 aliphatic heterocycles. The van der Waals surface area contributed by atoms with Crippen LogP contribution in [0.25, 0.3) is 0 Å². The maximum atomic E-state index is 13.5. The minimum atomic E-state index is -3.84. The normalized spacial score (nSPS) is 11.9. The second-order valence-corrected chi connectivity index (χ2v) is 10.2. The molecule has 0 radical (unpaired) electrons. The first-order chi connectivity index (χ1) is 16.5. The van der Waals surface area contributed by atoms with Gasteiger partial charge in [0.05, 0.1) is 26.2 Å². The van der Waals surface area contributed by atoms with Crippen molar-refractivity contribution in [3.05, 3.63) is 53.6 Å². The van der Waals surface area contributed by atoms with Gasteiger partial charge in [-0.15, -0.1) is 0 Å². The van der Waals surface area contributed by atoms with Crippen LogP contribution in [0.3, 0.4) is 0 Å². The van der Waals surface area contributed by atoms with Gasteiger partial charge < -0.3 is 19.7 Å². The highest BCUT2D eigenvalue weighted by Crippen LogP contribution is 2.32. The first-order valence-corrected chi connectivity index (χ1v) is 13.2. The summed E-state index contributed by atoms with van der Waals surface area (Å²) in [4.78, 5) is 27.7. The monoisotopic (exact) mass is 505 g/mol. The summed E-state index contributed by atoms with van der Waals surface area (Å²) in [7, 11) is -0.923. The van der Waals surface area contributed by atoms with Crippen LogP contribution in [-0.2, 0) is 26.2 Å². The molecule has 9 nitrogen and oxygen atoms in total. The van der Waals surface area contributed by atoms with Gasteiger partial charge in [-0.25, -0.2) is 8.42 Å². The number of nitrogens with one attached hydrogen (secondary N) is 1. The summed E-state index contributed by atoms with van der Waals surface area (Å²) < 4.78 is 36.9. The number of amides is 2. The topological polar surface area (TPSA) is 105 Å². The van der Waals surface area contributed by atoms with Crippen LogP contribution in [0.15, 0.2) is 42.5 Å². The van der Waals surface area contributed by atoms with Crippen molar-refractivity contribution < 1.29 is 27.5 Å². The zero-order valence-corrected chi connectivity index (χ0v) is 22.0. The molecule has 0 spiro atoms. The van der Waals surface area contributed by atoms with Crippen LogP contribution in [0.4, 0.5) is 5.69 Å². The SMILES string of the molecule is CCCNC(=O)[C@H](C)N(Cc1ccc(C)cc1)C(=O)CN(c1ccc(OC)c(OC)c1)S(C)(=O)=O. The predicted molar refractivity (Wildman–Crippen MR) is 136 cm³/mol. The highest BCUT2D eigenvalue weighted by atomic mass is 32.2. The van der Waals surface area contributed by atoms with Gasteiger partial charge in [0.25, 0.3) is 0 Å². The van der Waals surface area contributed by atoms with Crippen molar-refractivity contribution in [2.75, 3.05) is 37.9 Å². The van der Waals surface area contributed by atoms with E-state index in [4.69, 9.17) is 9.47 Å². The molecule has 1 N–H and O–H groups in total. The number of ether oxygens (including phenoxy) is 2. The summed E-state index contributed by atoms with van der Waals surface area (Å²) in [5, 5.41) is 2.81. The lowest BCUT2D eigenvalue weighted by atomic mass is 10.1. The summed E-state index contributed by atoms with van der Waals surface area (Å²) >= 11 is 0. The third-order valence-corrected chi connectivity index (χ3v) is 6.66. The standard InChI is InChI=1S/C25H35N3O6S/c1-7-14-26-25(30)19(3)27(16-20-10-8-18(2)9-11-20)24(29)17-28(35(6,31)32)21-12-13-22(33-4)23(15-21)34-5/h8-13,15,19H,7,14,16-17H2,1-6H3,(H,26,30)/t19-/m0/s1. The van der Waals surface area contributed by atoms with E-state index in [1.807, 2.05) is 38.1 Å². The zero-order valence-electron chi connectivity index (χ0n) is 21.2. The largest absolute Gasteiger partial charge is 0.493 e. The summed E-state index contributed by atoms with van der Waals surface area (Å²) in [6.07, 6.45) is 1.78. The average Bonchev–Trinajstić information content (AvgIpc) is 2.83. The fourth-order valence-corrected chi connectivity index (χ4v) is 4.30. The van der Waals surface area contributed by atoms with Gasteiger partial charge in [-0.2, -0.15) is 0 Å². The Bertz CT molecular complexity index is 1120. The third-order valence-electron chi connectivity index (χ3n) is 5.52. The summed E-state index contributed by atoms with van der Waals surface area (Å²) in [6, 6.07) is 11.4. The number of sulfonamides is 1. The van der Waals surface area contributed by atoms with Gasteiger partial charge in [-0.1, -0.05) is 36.8 Å². The van der Waals surface area contributed by atoms with Gasteiger partial charge in [0.15, 0.2) is 11.5 Å². The van der Waals surface area contributed by atoms with Crippen LogP contribution in [0, 0.1) is 6.92 Å². The van der Waals surface area contributed by atoms with Crippen molar-refractivity contribution >= 4 is 27.5 Å². The van der Waals surface area contributed by atoms with Crippen LogP contribution < -0.4 is 19.1 Å². The van der Waals surface area contributed by atoms with Crippen molar-refractivity contribution in [2.24, 2.45) is 0 Å². The molecule has 2 amide bonds. The molecule has 10 heteroatoms. The van der Waals surface area contributed by atoms with Crippen molar-refractivity contribution in [3.8, 4) is 11.5 Å². The number of aryl methyl sites for hydroxylation is 1. The van der Waals surface area contributed by atoms with Crippen molar-refractivity contribution in [2.45, 2.75) is 39.8 Å². The van der Waals surface area contributed by atoms with E-state index in [1.165, 1.54) is 31.3 Å². The number of hydrogen-bond acceptors (Lipinski definition) is 6. The van der Waals surface area contributed by atoms with Gasteiger partial charge in [0.1, 0.15) is 12.6 Å². The van der Waals surface area contributed by atoms with E-state index in [2.05, 4.69) is 5.32 Å². The molecule has 35 heavy (non-hydrogen) atoms. The third kappa shape index (κ3) is 7.61. The smallest absolute Gasteiger partial charge is 0.244 e. The van der Waals surface area contributed by atoms with Gasteiger partial charge in [-0.05, 0) is 38.0 Å². The average molecular weight is 506 g/mol. The predicted octanol–water partition coefficient (Wildman–Crippen LogP) is 2.72. The molecule has 2 aromatic rings. The lowest BCUT2D eigenvalue weighted by molar-refractivity contribution is -0.139. The molecule has 1 atom stereocenters. The second kappa shape index (κ2) is 12.4. The number of carbonyl (C=O) groups is 2. The van der Waals surface area contributed by atoms with Crippen LogP contribution in [-0.4, -0.2) is 64.7 Å². The van der Waals surface area contributed by atoms with Crippen LogP contribution in [0.5, 0.6) is 11.5 Å². The minimum absolute atomic E-state index is 0.156. The van der Waals surface area contributed by atoms with E-state index in [0.29, 0.717) is 18.0 Å². The molecule has 0 aliphatic carbocycles. The van der Waals surface area contributed by atoms with E-state index in [1.54, 1.807) is 13.0 Å². The Kier molecular flexibility index (Phi) is 9.94. The molecule has 0 saturated carbocycles. The maximum absolute atomic E-state index is 13.5. The molecule has 0 aromatic heterocycles. The van der Waals surface area contributed by atoms with E-state index in [0.717, 1.165) is 28.1 Å². The van der Waals surface area contributed by atoms with Crippen LogP contribution in [0.2, 0.25) is 0 Å². The first kappa shape index (κ1) is 28.0.